The normalized spacial score (nSPS) is 15.0. The zero-order valence-corrected chi connectivity index (χ0v) is 21.4. The van der Waals surface area contributed by atoms with Gasteiger partial charge in [-0.15, -0.1) is 0 Å². The molecule has 1 rings (SSSR count). The highest BCUT2D eigenvalue weighted by Gasteiger charge is 2.32. The van der Waals surface area contributed by atoms with Crippen molar-refractivity contribution in [3.8, 4) is 0 Å². The number of nitrogens with two attached hydrogens (primary N) is 3. The van der Waals surface area contributed by atoms with Crippen molar-refractivity contribution in [1.29, 1.82) is 0 Å². The molecule has 0 fully saturated rings. The second-order valence-electron chi connectivity index (χ2n) is 9.01. The van der Waals surface area contributed by atoms with Gasteiger partial charge in [0.15, 0.2) is 0 Å². The molecule has 0 aliphatic carbocycles. The van der Waals surface area contributed by atoms with Gasteiger partial charge in [0.2, 0.25) is 23.6 Å². The first kappa shape index (κ1) is 31.5. The zero-order chi connectivity index (χ0) is 28.0. The van der Waals surface area contributed by atoms with Gasteiger partial charge < -0.3 is 43.2 Å². The first-order chi connectivity index (χ1) is 17.5. The molecule has 1 heterocycles. The summed E-state index contributed by atoms with van der Waals surface area (Å²) in [5.41, 5.74) is 17.3. The average Bonchev–Trinajstić information content (AvgIpc) is 3.36. The number of nitrogens with zero attached hydrogens (tertiary/aromatic N) is 1. The molecule has 14 nitrogen and oxygen atoms in total. The van der Waals surface area contributed by atoms with Crippen molar-refractivity contribution in [2.75, 3.05) is 6.54 Å². The maximum Gasteiger partial charge on any atom is 0.326 e. The van der Waals surface area contributed by atoms with Crippen LogP contribution in [0.4, 0.5) is 0 Å². The topological polar surface area (TPSA) is 248 Å². The first-order valence-electron chi connectivity index (χ1n) is 12.3. The van der Waals surface area contributed by atoms with Crippen LogP contribution in [-0.2, 0) is 30.4 Å². The van der Waals surface area contributed by atoms with Gasteiger partial charge in [0, 0.05) is 24.7 Å². The number of rotatable bonds is 18. The second kappa shape index (κ2) is 16.3. The Balaban J connectivity index is 2.97. The fraction of sp³-hybridized carbons (Fsp3) is 0.652. The Bertz CT molecular complexity index is 894. The fourth-order valence-electron chi connectivity index (χ4n) is 3.53. The minimum atomic E-state index is -1.25. The van der Waals surface area contributed by atoms with Gasteiger partial charge in [0.25, 0.3) is 0 Å². The molecule has 37 heavy (non-hydrogen) atoms. The van der Waals surface area contributed by atoms with Crippen LogP contribution in [0.2, 0.25) is 0 Å². The van der Waals surface area contributed by atoms with Gasteiger partial charge in [-0.1, -0.05) is 20.3 Å². The SMILES string of the molecule is CCC(C)C(NC(=O)C(N)Cc1cnc[nH]1)C(=O)NC(CCC(N)=O)C(=O)NC(CCCCN)C(=O)O. The number of carbonyl (C=O) groups is 5. The van der Waals surface area contributed by atoms with Crippen molar-refractivity contribution >= 4 is 29.6 Å². The third-order valence-corrected chi connectivity index (χ3v) is 6.00. The van der Waals surface area contributed by atoms with Crippen molar-refractivity contribution < 1.29 is 29.1 Å². The number of aromatic amines is 1. The Morgan fingerprint density at radius 3 is 2.24 bits per heavy atom. The Morgan fingerprint density at radius 1 is 1.03 bits per heavy atom. The lowest BCUT2D eigenvalue weighted by molar-refractivity contribution is -0.142. The Kier molecular flexibility index (Phi) is 13.9. The number of nitrogens with one attached hydrogen (secondary N) is 4. The lowest BCUT2D eigenvalue weighted by Gasteiger charge is -2.28. The molecule has 5 unspecified atom stereocenters. The molecule has 0 aliphatic rings. The zero-order valence-electron chi connectivity index (χ0n) is 21.4. The number of carboxylic acids is 1. The Labute approximate surface area is 215 Å². The number of imidazole rings is 1. The molecule has 11 N–H and O–H groups in total. The lowest BCUT2D eigenvalue weighted by atomic mass is 9.96. The van der Waals surface area contributed by atoms with Gasteiger partial charge in [-0.3, -0.25) is 19.2 Å². The smallest absolute Gasteiger partial charge is 0.326 e. The molecule has 0 bridgehead atoms. The van der Waals surface area contributed by atoms with Crippen molar-refractivity contribution in [1.82, 2.24) is 25.9 Å². The summed E-state index contributed by atoms with van der Waals surface area (Å²) in [6.07, 6.45) is 4.52. The van der Waals surface area contributed by atoms with Crippen molar-refractivity contribution in [2.24, 2.45) is 23.1 Å². The van der Waals surface area contributed by atoms with Crippen LogP contribution in [0.5, 0.6) is 0 Å². The van der Waals surface area contributed by atoms with Crippen molar-refractivity contribution in [3.63, 3.8) is 0 Å². The number of unbranched alkanes of at least 4 members (excludes halogenated alkanes) is 1. The van der Waals surface area contributed by atoms with Gasteiger partial charge in [-0.2, -0.15) is 0 Å². The van der Waals surface area contributed by atoms with Crippen LogP contribution >= 0.6 is 0 Å². The maximum atomic E-state index is 13.2. The highest BCUT2D eigenvalue weighted by atomic mass is 16.4. The highest BCUT2D eigenvalue weighted by Crippen LogP contribution is 2.11. The number of hydrogen-bond donors (Lipinski definition) is 8. The van der Waals surface area contributed by atoms with E-state index in [2.05, 4.69) is 25.9 Å². The highest BCUT2D eigenvalue weighted by molar-refractivity contribution is 5.94. The molecule has 0 saturated heterocycles. The van der Waals surface area contributed by atoms with E-state index in [1.807, 2.05) is 6.92 Å². The third kappa shape index (κ3) is 11.4. The number of hydrogen-bond acceptors (Lipinski definition) is 8. The quantitative estimate of drug-likeness (QED) is 0.101. The van der Waals surface area contributed by atoms with Gasteiger partial charge in [-0.25, -0.2) is 9.78 Å². The molecule has 1 aromatic rings. The van der Waals surface area contributed by atoms with Crippen LogP contribution in [0.1, 0.15) is 58.1 Å². The summed E-state index contributed by atoms with van der Waals surface area (Å²) >= 11 is 0. The molecule has 208 valence electrons. The summed E-state index contributed by atoms with van der Waals surface area (Å²) in [6.45, 7) is 3.96. The van der Waals surface area contributed by atoms with E-state index >= 15 is 0 Å². The van der Waals surface area contributed by atoms with Crippen LogP contribution in [0.15, 0.2) is 12.5 Å². The van der Waals surface area contributed by atoms with Gasteiger partial charge >= 0.3 is 5.97 Å². The molecule has 1 aromatic heterocycles. The van der Waals surface area contributed by atoms with E-state index in [1.54, 1.807) is 6.92 Å². The second-order valence-corrected chi connectivity index (χ2v) is 9.01. The molecule has 0 aliphatic heterocycles. The van der Waals surface area contributed by atoms with Gasteiger partial charge in [-0.05, 0) is 38.1 Å². The predicted molar refractivity (Wildman–Crippen MR) is 134 cm³/mol. The van der Waals surface area contributed by atoms with E-state index in [9.17, 15) is 29.1 Å². The molecular formula is C23H40N8O6. The summed E-state index contributed by atoms with van der Waals surface area (Å²) in [6, 6.07) is -4.44. The molecule has 4 amide bonds. The van der Waals surface area contributed by atoms with E-state index < -0.39 is 53.8 Å². The minimum Gasteiger partial charge on any atom is -0.480 e. The van der Waals surface area contributed by atoms with Crippen LogP contribution in [-0.4, -0.2) is 75.4 Å². The average molecular weight is 525 g/mol. The summed E-state index contributed by atoms with van der Waals surface area (Å²) in [5, 5.41) is 17.1. The third-order valence-electron chi connectivity index (χ3n) is 6.00. The number of aromatic nitrogens is 2. The van der Waals surface area contributed by atoms with Crippen molar-refractivity contribution in [3.05, 3.63) is 18.2 Å². The van der Waals surface area contributed by atoms with E-state index in [1.165, 1.54) is 12.5 Å². The molecule has 0 spiro atoms. The minimum absolute atomic E-state index is 0.147. The van der Waals surface area contributed by atoms with Crippen LogP contribution in [0, 0.1) is 5.92 Å². The summed E-state index contributed by atoms with van der Waals surface area (Å²) in [5.74, 6) is -4.27. The Hall–Kier alpha value is -3.52. The van der Waals surface area contributed by atoms with Crippen LogP contribution < -0.4 is 33.2 Å². The Morgan fingerprint density at radius 2 is 1.70 bits per heavy atom. The molecule has 0 radical (unpaired) electrons. The maximum absolute atomic E-state index is 13.2. The van der Waals surface area contributed by atoms with E-state index in [0.29, 0.717) is 31.5 Å². The lowest BCUT2D eigenvalue weighted by Crippen LogP contribution is -2.58. The molecular weight excluding hydrogens is 484 g/mol. The number of amides is 4. The number of aliphatic carboxylic acids is 1. The van der Waals surface area contributed by atoms with Crippen LogP contribution in [0.25, 0.3) is 0 Å². The number of H-pyrrole nitrogens is 1. The summed E-state index contributed by atoms with van der Waals surface area (Å²) in [7, 11) is 0. The largest absolute Gasteiger partial charge is 0.480 e. The van der Waals surface area contributed by atoms with Gasteiger partial charge in [0.1, 0.15) is 18.1 Å². The van der Waals surface area contributed by atoms with E-state index in [4.69, 9.17) is 17.2 Å². The van der Waals surface area contributed by atoms with Crippen molar-refractivity contribution in [2.45, 2.75) is 83.0 Å². The standard InChI is InChI=1S/C23H40N8O6/c1-3-13(2)19(31-20(33)15(25)10-14-11-27-12-28-14)22(35)29-16(7-8-18(26)32)21(34)30-17(23(36)37)6-4-5-9-24/h11-13,15-17,19H,3-10,24-25H2,1-2H3,(H2,26,32)(H,27,28)(H,29,35)(H,30,34)(H,31,33)(H,36,37). The predicted octanol–water partition coefficient (Wildman–Crippen LogP) is -1.74. The molecule has 5 atom stereocenters. The van der Waals surface area contributed by atoms with Crippen LogP contribution in [0.3, 0.4) is 0 Å². The monoisotopic (exact) mass is 524 g/mol. The summed E-state index contributed by atoms with van der Waals surface area (Å²) < 4.78 is 0. The fourth-order valence-corrected chi connectivity index (χ4v) is 3.53. The summed E-state index contributed by atoms with van der Waals surface area (Å²) in [4.78, 5) is 68.5. The molecule has 0 saturated carbocycles. The molecule has 14 heteroatoms. The number of carbonyl (C=O) groups excluding carboxylic acids is 4. The van der Waals surface area contributed by atoms with Gasteiger partial charge in [0.05, 0.1) is 12.4 Å². The first-order valence-corrected chi connectivity index (χ1v) is 12.3. The van der Waals surface area contributed by atoms with E-state index in [-0.39, 0.29) is 31.6 Å². The number of carboxylic acid groups (broad SMARTS) is 1. The molecule has 0 aromatic carbocycles. The number of primary amides is 1. The van der Waals surface area contributed by atoms with E-state index in [0.717, 1.165) is 0 Å².